The second-order valence-electron chi connectivity index (χ2n) is 5.79. The molecule has 3 rings (SSSR count). The van der Waals surface area contributed by atoms with Crippen molar-refractivity contribution in [3.8, 4) is 11.5 Å². The van der Waals surface area contributed by atoms with Crippen molar-refractivity contribution in [2.45, 2.75) is 26.2 Å². The van der Waals surface area contributed by atoms with Gasteiger partial charge in [-0.05, 0) is 56.0 Å². The minimum Gasteiger partial charge on any atom is -0.494 e. The van der Waals surface area contributed by atoms with Gasteiger partial charge >= 0.3 is 5.97 Å². The zero-order chi connectivity index (χ0) is 18.5. The molecule has 1 aliphatic rings. The lowest BCUT2D eigenvalue weighted by Crippen LogP contribution is -2.21. The Bertz CT molecular complexity index is 797. The van der Waals surface area contributed by atoms with Crippen LogP contribution in [0.1, 0.15) is 34.1 Å². The van der Waals surface area contributed by atoms with E-state index in [0.29, 0.717) is 22.9 Å². The van der Waals surface area contributed by atoms with Gasteiger partial charge < -0.3 is 19.5 Å². The first-order valence-electron chi connectivity index (χ1n) is 8.50. The van der Waals surface area contributed by atoms with E-state index in [4.69, 9.17) is 14.2 Å². The molecule has 0 spiro atoms. The second kappa shape index (κ2) is 8.23. The summed E-state index contributed by atoms with van der Waals surface area (Å²) in [5.41, 5.74) is 1.49. The predicted octanol–water partition coefficient (Wildman–Crippen LogP) is 3.44. The van der Waals surface area contributed by atoms with E-state index in [1.165, 1.54) is 18.4 Å². The first-order valence-corrected chi connectivity index (χ1v) is 9.32. The summed E-state index contributed by atoms with van der Waals surface area (Å²) in [5.74, 6) is 0.599. The van der Waals surface area contributed by atoms with Crippen molar-refractivity contribution in [1.29, 1.82) is 0 Å². The van der Waals surface area contributed by atoms with Gasteiger partial charge in [0.1, 0.15) is 16.5 Å². The number of carbonyl (C=O) groups is 2. The number of esters is 1. The van der Waals surface area contributed by atoms with E-state index in [9.17, 15) is 9.59 Å². The summed E-state index contributed by atoms with van der Waals surface area (Å²) in [5, 5.41) is 3.33. The van der Waals surface area contributed by atoms with Gasteiger partial charge in [0.15, 0.2) is 6.61 Å². The van der Waals surface area contributed by atoms with Crippen molar-refractivity contribution >= 4 is 28.2 Å². The lowest BCUT2D eigenvalue weighted by Gasteiger charge is -2.09. The van der Waals surface area contributed by atoms with Crippen LogP contribution in [0.4, 0.5) is 5.00 Å². The Morgan fingerprint density at radius 3 is 2.46 bits per heavy atom. The molecular formula is C19H21NO5S. The Morgan fingerprint density at radius 2 is 1.81 bits per heavy atom. The Hall–Kier alpha value is -2.54. The average Bonchev–Trinajstić information content (AvgIpc) is 3.21. The van der Waals surface area contributed by atoms with Gasteiger partial charge in [0, 0.05) is 4.88 Å². The van der Waals surface area contributed by atoms with E-state index in [-0.39, 0.29) is 12.5 Å². The summed E-state index contributed by atoms with van der Waals surface area (Å²) in [6, 6.07) is 7.07. The Morgan fingerprint density at radius 1 is 1.12 bits per heavy atom. The molecule has 0 saturated heterocycles. The highest BCUT2D eigenvalue weighted by atomic mass is 32.1. The third kappa shape index (κ3) is 3.99. The molecule has 0 bridgehead atoms. The van der Waals surface area contributed by atoms with Crippen LogP contribution in [0.5, 0.6) is 11.5 Å². The zero-order valence-electron chi connectivity index (χ0n) is 14.8. The largest absolute Gasteiger partial charge is 0.494 e. The van der Waals surface area contributed by atoms with Gasteiger partial charge in [0.25, 0.3) is 5.91 Å². The summed E-state index contributed by atoms with van der Waals surface area (Å²) in [7, 11) is 1.35. The maximum Gasteiger partial charge on any atom is 0.341 e. The molecule has 0 atom stereocenters. The fourth-order valence-corrected chi connectivity index (χ4v) is 4.21. The third-order valence-corrected chi connectivity index (χ3v) is 5.28. The number of thiophene rings is 1. The molecule has 1 aromatic carbocycles. The van der Waals surface area contributed by atoms with Gasteiger partial charge in [0.05, 0.1) is 19.3 Å². The highest BCUT2D eigenvalue weighted by Gasteiger charge is 2.28. The third-order valence-electron chi connectivity index (χ3n) is 4.07. The van der Waals surface area contributed by atoms with Crippen LogP contribution < -0.4 is 14.8 Å². The van der Waals surface area contributed by atoms with Crippen molar-refractivity contribution in [2.75, 3.05) is 25.6 Å². The van der Waals surface area contributed by atoms with Crippen LogP contribution in [-0.4, -0.2) is 32.2 Å². The number of benzene rings is 1. The van der Waals surface area contributed by atoms with Gasteiger partial charge in [0.2, 0.25) is 0 Å². The SMILES string of the molecule is CCOc1ccc(OCC(=O)Nc2sc3c(c2C(=O)OC)CCC3)cc1. The van der Waals surface area contributed by atoms with Gasteiger partial charge in [-0.1, -0.05) is 0 Å². The predicted molar refractivity (Wildman–Crippen MR) is 99.4 cm³/mol. The number of fused-ring (bicyclic) bond motifs is 1. The van der Waals surface area contributed by atoms with Crippen LogP contribution in [0, 0.1) is 0 Å². The number of carbonyl (C=O) groups excluding carboxylic acids is 2. The number of methoxy groups -OCH3 is 1. The van der Waals surface area contributed by atoms with Gasteiger partial charge in [-0.25, -0.2) is 4.79 Å². The molecule has 0 radical (unpaired) electrons. The number of anilines is 1. The summed E-state index contributed by atoms with van der Waals surface area (Å²) in [6.07, 6.45) is 2.80. The van der Waals surface area contributed by atoms with E-state index in [2.05, 4.69) is 5.32 Å². The summed E-state index contributed by atoms with van der Waals surface area (Å²) in [4.78, 5) is 25.5. The van der Waals surface area contributed by atoms with E-state index in [1.54, 1.807) is 24.3 Å². The molecule has 1 aliphatic carbocycles. The van der Waals surface area contributed by atoms with E-state index < -0.39 is 5.97 Å². The minimum atomic E-state index is -0.410. The number of hydrogen-bond donors (Lipinski definition) is 1. The van der Waals surface area contributed by atoms with Crippen LogP contribution >= 0.6 is 11.3 Å². The molecule has 0 fully saturated rings. The molecule has 1 aromatic heterocycles. The zero-order valence-corrected chi connectivity index (χ0v) is 15.6. The quantitative estimate of drug-likeness (QED) is 0.751. The van der Waals surface area contributed by atoms with E-state index in [0.717, 1.165) is 35.5 Å². The highest BCUT2D eigenvalue weighted by Crippen LogP contribution is 2.39. The molecule has 2 aromatic rings. The van der Waals surface area contributed by atoms with Crippen molar-refractivity contribution in [1.82, 2.24) is 0 Å². The van der Waals surface area contributed by atoms with Crippen molar-refractivity contribution < 1.29 is 23.8 Å². The summed E-state index contributed by atoms with van der Waals surface area (Å²) < 4.78 is 15.7. The standard InChI is InChI=1S/C19H21NO5S/c1-3-24-12-7-9-13(10-8-12)25-11-16(21)20-18-17(19(22)23-2)14-5-4-6-15(14)26-18/h7-10H,3-6,11H2,1-2H3,(H,20,21). The number of aryl methyl sites for hydroxylation is 1. The van der Waals surface area contributed by atoms with Crippen molar-refractivity contribution in [3.63, 3.8) is 0 Å². The van der Waals surface area contributed by atoms with Crippen LogP contribution in [0.3, 0.4) is 0 Å². The topological polar surface area (TPSA) is 73.9 Å². The molecule has 6 nitrogen and oxygen atoms in total. The van der Waals surface area contributed by atoms with Crippen LogP contribution in [0.2, 0.25) is 0 Å². The summed E-state index contributed by atoms with van der Waals surface area (Å²) in [6.45, 7) is 2.37. The van der Waals surface area contributed by atoms with Crippen molar-refractivity contribution in [2.24, 2.45) is 0 Å². The van der Waals surface area contributed by atoms with Gasteiger partial charge in [-0.15, -0.1) is 11.3 Å². The monoisotopic (exact) mass is 375 g/mol. The molecule has 0 aliphatic heterocycles. The molecule has 1 amide bonds. The number of nitrogens with one attached hydrogen (secondary N) is 1. The lowest BCUT2D eigenvalue weighted by atomic mass is 10.1. The fourth-order valence-electron chi connectivity index (χ4n) is 2.92. The van der Waals surface area contributed by atoms with Crippen LogP contribution in [-0.2, 0) is 22.4 Å². The molecule has 138 valence electrons. The van der Waals surface area contributed by atoms with Gasteiger partial charge in [-0.3, -0.25) is 4.79 Å². The molecule has 26 heavy (non-hydrogen) atoms. The lowest BCUT2D eigenvalue weighted by molar-refractivity contribution is -0.118. The number of ether oxygens (including phenoxy) is 3. The highest BCUT2D eigenvalue weighted by molar-refractivity contribution is 7.17. The van der Waals surface area contributed by atoms with Crippen molar-refractivity contribution in [3.05, 3.63) is 40.3 Å². The summed E-state index contributed by atoms with van der Waals surface area (Å²) >= 11 is 1.44. The Balaban J connectivity index is 1.62. The van der Waals surface area contributed by atoms with Crippen LogP contribution in [0.15, 0.2) is 24.3 Å². The normalized spacial score (nSPS) is 12.4. The van der Waals surface area contributed by atoms with Crippen LogP contribution in [0.25, 0.3) is 0 Å². The van der Waals surface area contributed by atoms with E-state index in [1.807, 2.05) is 6.92 Å². The maximum atomic E-state index is 12.2. The molecule has 0 saturated carbocycles. The first kappa shape index (κ1) is 18.3. The molecule has 1 heterocycles. The molecule has 0 unspecified atom stereocenters. The smallest absolute Gasteiger partial charge is 0.341 e. The second-order valence-corrected chi connectivity index (χ2v) is 6.90. The van der Waals surface area contributed by atoms with Gasteiger partial charge in [-0.2, -0.15) is 0 Å². The maximum absolute atomic E-state index is 12.2. The average molecular weight is 375 g/mol. The molecule has 1 N–H and O–H groups in total. The number of amides is 1. The number of rotatable bonds is 7. The molecule has 7 heteroatoms. The molecular weight excluding hydrogens is 354 g/mol. The minimum absolute atomic E-state index is 0.142. The number of hydrogen-bond acceptors (Lipinski definition) is 6. The Kier molecular flexibility index (Phi) is 5.78. The Labute approximate surface area is 156 Å². The first-order chi connectivity index (χ1) is 12.6. The van der Waals surface area contributed by atoms with E-state index >= 15 is 0 Å². The fraction of sp³-hybridized carbons (Fsp3) is 0.368.